The fourth-order valence-corrected chi connectivity index (χ4v) is 2.25. The number of benzene rings is 1. The van der Waals surface area contributed by atoms with Crippen molar-refractivity contribution in [3.05, 3.63) is 59.0 Å². The highest BCUT2D eigenvalue weighted by molar-refractivity contribution is 6.34. The molecule has 3 rings (SSSR count). The van der Waals surface area contributed by atoms with Gasteiger partial charge in [-0.15, -0.1) is 0 Å². The van der Waals surface area contributed by atoms with E-state index in [2.05, 4.69) is 15.0 Å². The van der Waals surface area contributed by atoms with E-state index in [9.17, 15) is 13.2 Å². The second-order valence-corrected chi connectivity index (χ2v) is 5.02. The number of hydrogen-bond donors (Lipinski definition) is 0. The molecule has 23 heavy (non-hydrogen) atoms. The highest BCUT2D eigenvalue weighted by Crippen LogP contribution is 2.35. The minimum absolute atomic E-state index is 0.116. The maximum absolute atomic E-state index is 14.5. The van der Waals surface area contributed by atoms with Gasteiger partial charge in [0, 0.05) is 11.5 Å². The van der Waals surface area contributed by atoms with Crippen molar-refractivity contribution in [1.29, 1.82) is 0 Å². The molecule has 3 aromatic rings. The largest absolute Gasteiger partial charge is 0.497 e. The molecule has 2 heterocycles. The van der Waals surface area contributed by atoms with Gasteiger partial charge in [-0.05, 0) is 24.3 Å². The van der Waals surface area contributed by atoms with Crippen molar-refractivity contribution < 1.29 is 17.9 Å². The Morgan fingerprint density at radius 3 is 2.57 bits per heavy atom. The summed E-state index contributed by atoms with van der Waals surface area (Å²) in [5.41, 5.74) is -0.460. The highest BCUT2D eigenvalue weighted by Gasteiger charge is 2.39. The van der Waals surface area contributed by atoms with E-state index < -0.39 is 23.3 Å². The Balaban J connectivity index is 2.16. The number of fused-ring (bicyclic) bond motifs is 1. The van der Waals surface area contributed by atoms with Crippen molar-refractivity contribution in [2.24, 2.45) is 0 Å². The number of rotatable bonds is 3. The molecule has 0 N–H and O–H groups in total. The number of nitrogens with zero attached hydrogens (tertiary/aromatic N) is 3. The SMILES string of the molecule is COc1ccc2c(Cl)nc(C(F)(F)c3ccc(F)cn3)nc2c1. The number of methoxy groups -OCH3 is 1. The highest BCUT2D eigenvalue weighted by atomic mass is 35.5. The topological polar surface area (TPSA) is 47.9 Å². The van der Waals surface area contributed by atoms with Gasteiger partial charge in [-0.1, -0.05) is 11.6 Å². The summed E-state index contributed by atoms with van der Waals surface area (Å²) in [4.78, 5) is 10.9. The van der Waals surface area contributed by atoms with Crippen LogP contribution in [0.5, 0.6) is 5.75 Å². The molecule has 0 spiro atoms. The zero-order valence-corrected chi connectivity index (χ0v) is 12.5. The monoisotopic (exact) mass is 339 g/mol. The molecule has 0 saturated heterocycles. The first-order valence-corrected chi connectivity index (χ1v) is 6.81. The predicted octanol–water partition coefficient (Wildman–Crippen LogP) is 3.97. The van der Waals surface area contributed by atoms with E-state index in [-0.39, 0.29) is 10.7 Å². The Kier molecular flexibility index (Phi) is 3.81. The van der Waals surface area contributed by atoms with Crippen LogP contribution in [0.25, 0.3) is 10.9 Å². The Morgan fingerprint density at radius 1 is 1.13 bits per heavy atom. The smallest absolute Gasteiger partial charge is 0.348 e. The van der Waals surface area contributed by atoms with Crippen molar-refractivity contribution in [2.75, 3.05) is 7.11 Å². The Labute approximate surface area is 133 Å². The normalized spacial score (nSPS) is 11.7. The van der Waals surface area contributed by atoms with Crippen LogP contribution in [0.15, 0.2) is 36.5 Å². The average molecular weight is 340 g/mol. The second kappa shape index (κ2) is 5.66. The van der Waals surface area contributed by atoms with Gasteiger partial charge < -0.3 is 4.74 Å². The van der Waals surface area contributed by atoms with Crippen LogP contribution in [0.4, 0.5) is 13.2 Å². The first kappa shape index (κ1) is 15.5. The third kappa shape index (κ3) is 2.79. The standard InChI is InChI=1S/C15H9ClF3N3O/c1-23-9-3-4-10-11(6-9)21-14(22-13(10)16)15(18,19)12-5-2-8(17)7-20-12/h2-7H,1H3. The van der Waals surface area contributed by atoms with Crippen LogP contribution >= 0.6 is 11.6 Å². The van der Waals surface area contributed by atoms with Gasteiger partial charge in [0.15, 0.2) is 0 Å². The zero-order valence-electron chi connectivity index (χ0n) is 11.7. The molecule has 0 aliphatic heterocycles. The Bertz CT molecular complexity index is 872. The van der Waals surface area contributed by atoms with Gasteiger partial charge in [-0.25, -0.2) is 14.4 Å². The van der Waals surface area contributed by atoms with Crippen molar-refractivity contribution in [1.82, 2.24) is 15.0 Å². The van der Waals surface area contributed by atoms with Crippen molar-refractivity contribution in [3.63, 3.8) is 0 Å². The van der Waals surface area contributed by atoms with Crippen LogP contribution in [0.2, 0.25) is 5.15 Å². The zero-order chi connectivity index (χ0) is 16.6. The van der Waals surface area contributed by atoms with Gasteiger partial charge in [0.05, 0.1) is 18.8 Å². The number of pyridine rings is 1. The van der Waals surface area contributed by atoms with Gasteiger partial charge in [-0.2, -0.15) is 8.78 Å². The van der Waals surface area contributed by atoms with Crippen LogP contribution in [-0.4, -0.2) is 22.1 Å². The number of aromatic nitrogens is 3. The van der Waals surface area contributed by atoms with Gasteiger partial charge in [0.1, 0.15) is 22.4 Å². The number of alkyl halides is 2. The molecule has 0 radical (unpaired) electrons. The molecular weight excluding hydrogens is 331 g/mol. The molecular formula is C15H9ClF3N3O. The van der Waals surface area contributed by atoms with Crippen LogP contribution < -0.4 is 4.74 Å². The van der Waals surface area contributed by atoms with Gasteiger partial charge >= 0.3 is 5.92 Å². The van der Waals surface area contributed by atoms with E-state index in [1.54, 1.807) is 12.1 Å². The summed E-state index contributed by atoms with van der Waals surface area (Å²) in [6.07, 6.45) is 0.703. The van der Waals surface area contributed by atoms with Crippen LogP contribution in [0.3, 0.4) is 0 Å². The lowest BCUT2D eigenvalue weighted by Gasteiger charge is -2.15. The summed E-state index contributed by atoms with van der Waals surface area (Å²) in [6, 6.07) is 6.44. The number of hydrogen-bond acceptors (Lipinski definition) is 4. The second-order valence-electron chi connectivity index (χ2n) is 4.66. The molecule has 0 aliphatic rings. The molecule has 2 aromatic heterocycles. The lowest BCUT2D eigenvalue weighted by Crippen LogP contribution is -2.21. The average Bonchev–Trinajstić information content (AvgIpc) is 2.54. The summed E-state index contributed by atoms with van der Waals surface area (Å²) in [5.74, 6) is -4.70. The molecule has 0 fully saturated rings. The summed E-state index contributed by atoms with van der Waals surface area (Å²) in [5, 5.41) is 0.300. The first-order chi connectivity index (χ1) is 10.9. The quantitative estimate of drug-likeness (QED) is 0.678. The molecule has 0 bridgehead atoms. The molecule has 1 aromatic carbocycles. The minimum Gasteiger partial charge on any atom is -0.497 e. The van der Waals surface area contributed by atoms with Crippen LogP contribution in [-0.2, 0) is 5.92 Å². The maximum Gasteiger partial charge on any atom is 0.348 e. The van der Waals surface area contributed by atoms with E-state index in [4.69, 9.17) is 16.3 Å². The third-order valence-electron chi connectivity index (χ3n) is 3.19. The lowest BCUT2D eigenvalue weighted by atomic mass is 10.2. The molecule has 0 saturated carbocycles. The van der Waals surface area contributed by atoms with E-state index in [1.165, 1.54) is 13.2 Å². The first-order valence-electron chi connectivity index (χ1n) is 6.43. The number of ether oxygens (including phenoxy) is 1. The van der Waals surface area contributed by atoms with Gasteiger partial charge in [0.2, 0.25) is 5.82 Å². The Morgan fingerprint density at radius 2 is 1.91 bits per heavy atom. The van der Waals surface area contributed by atoms with E-state index in [0.717, 1.165) is 12.1 Å². The fraction of sp³-hybridized carbons (Fsp3) is 0.133. The summed E-state index contributed by atoms with van der Waals surface area (Å²) < 4.78 is 46.9. The van der Waals surface area contributed by atoms with E-state index in [1.807, 2.05) is 0 Å². The maximum atomic E-state index is 14.5. The lowest BCUT2D eigenvalue weighted by molar-refractivity contribution is 0.0283. The Hall–Kier alpha value is -2.41. The van der Waals surface area contributed by atoms with Crippen molar-refractivity contribution >= 4 is 22.5 Å². The fourth-order valence-electron chi connectivity index (χ4n) is 2.01. The van der Waals surface area contributed by atoms with E-state index >= 15 is 0 Å². The van der Waals surface area contributed by atoms with Crippen LogP contribution in [0.1, 0.15) is 11.5 Å². The third-order valence-corrected chi connectivity index (χ3v) is 3.48. The molecule has 4 nitrogen and oxygen atoms in total. The predicted molar refractivity (Wildman–Crippen MR) is 78.3 cm³/mol. The van der Waals surface area contributed by atoms with E-state index in [0.29, 0.717) is 17.3 Å². The summed E-state index contributed by atoms with van der Waals surface area (Å²) >= 11 is 5.97. The molecule has 118 valence electrons. The number of halogens is 4. The molecule has 0 unspecified atom stereocenters. The van der Waals surface area contributed by atoms with Crippen molar-refractivity contribution in [3.8, 4) is 5.75 Å². The molecule has 0 aliphatic carbocycles. The molecule has 8 heteroatoms. The van der Waals surface area contributed by atoms with Crippen molar-refractivity contribution in [2.45, 2.75) is 5.92 Å². The van der Waals surface area contributed by atoms with Gasteiger partial charge in [0.25, 0.3) is 0 Å². The van der Waals surface area contributed by atoms with Gasteiger partial charge in [-0.3, -0.25) is 4.98 Å². The van der Waals surface area contributed by atoms with Crippen LogP contribution in [0, 0.1) is 5.82 Å². The summed E-state index contributed by atoms with van der Waals surface area (Å²) in [7, 11) is 1.45. The molecule has 0 amide bonds. The minimum atomic E-state index is -3.62. The summed E-state index contributed by atoms with van der Waals surface area (Å²) in [6.45, 7) is 0. The molecule has 0 atom stereocenters.